The van der Waals surface area contributed by atoms with E-state index in [1.54, 1.807) is 0 Å². The first-order valence-corrected chi connectivity index (χ1v) is 4.10. The van der Waals surface area contributed by atoms with Crippen molar-refractivity contribution in [2.75, 3.05) is 12.4 Å². The van der Waals surface area contributed by atoms with Crippen molar-refractivity contribution < 1.29 is 12.8 Å². The molecule has 0 N–H and O–H groups in total. The average molecular weight is 162 g/mol. The predicted molar refractivity (Wildman–Crippen MR) is 36.2 cm³/mol. The van der Waals surface area contributed by atoms with Crippen LogP contribution in [-0.4, -0.2) is 22.7 Å². The molecule has 3 unspecified atom stereocenters. The molecule has 1 aliphatic rings. The summed E-state index contributed by atoms with van der Waals surface area (Å²) in [6, 6.07) is 0. The maximum Gasteiger partial charge on any atom is 0.157 e. The van der Waals surface area contributed by atoms with Gasteiger partial charge >= 0.3 is 0 Å². The Bertz CT molecular complexity index is 187. The van der Waals surface area contributed by atoms with Gasteiger partial charge in [-0.15, -0.1) is 6.42 Å². The van der Waals surface area contributed by atoms with Gasteiger partial charge in [-0.3, -0.25) is 8.57 Å². The van der Waals surface area contributed by atoms with E-state index in [2.05, 4.69) is 5.92 Å². The minimum atomic E-state index is -1.37. The van der Waals surface area contributed by atoms with Crippen LogP contribution in [0.3, 0.4) is 0 Å². The zero-order chi connectivity index (χ0) is 7.56. The van der Waals surface area contributed by atoms with Crippen LogP contribution < -0.4 is 0 Å². The number of hydrogen-bond donors (Lipinski definition) is 0. The molecule has 4 heteroatoms. The van der Waals surface area contributed by atoms with Gasteiger partial charge in [0.2, 0.25) is 0 Å². The molecule has 0 radical (unpaired) electrons. The molecular weight excluding hydrogens is 155 g/mol. The van der Waals surface area contributed by atoms with E-state index in [-0.39, 0.29) is 11.7 Å². The summed E-state index contributed by atoms with van der Waals surface area (Å²) in [6.07, 6.45) is 4.39. The Morgan fingerprint density at radius 3 is 3.00 bits per heavy atom. The Hall–Kier alpha value is -0.400. The van der Waals surface area contributed by atoms with Crippen LogP contribution in [0.2, 0.25) is 0 Å². The summed E-state index contributed by atoms with van der Waals surface area (Å²) in [7, 11) is 0. The van der Waals surface area contributed by atoms with Gasteiger partial charge in [0, 0.05) is 5.92 Å². The lowest BCUT2D eigenvalue weighted by atomic mass is 10.1. The molecule has 0 bridgehead atoms. The van der Waals surface area contributed by atoms with Gasteiger partial charge in [0.15, 0.2) is 11.1 Å². The van der Waals surface area contributed by atoms with Crippen LogP contribution in [0, 0.1) is 18.3 Å². The Morgan fingerprint density at radius 2 is 2.60 bits per heavy atom. The van der Waals surface area contributed by atoms with Crippen LogP contribution in [0.4, 0.5) is 4.39 Å². The largest absolute Gasteiger partial charge is 0.274 e. The van der Waals surface area contributed by atoms with E-state index in [0.29, 0.717) is 0 Å². The van der Waals surface area contributed by atoms with Crippen molar-refractivity contribution in [2.45, 2.75) is 6.10 Å². The molecule has 0 aromatic heterocycles. The highest BCUT2D eigenvalue weighted by Crippen LogP contribution is 2.19. The molecule has 56 valence electrons. The molecule has 0 aliphatic carbocycles. The van der Waals surface area contributed by atoms with E-state index in [9.17, 15) is 8.60 Å². The summed E-state index contributed by atoms with van der Waals surface area (Å²) in [5.74, 6) is 2.10. The fourth-order valence-electron chi connectivity index (χ4n) is 0.785. The van der Waals surface area contributed by atoms with Crippen molar-refractivity contribution >= 4 is 11.1 Å². The molecule has 0 saturated carbocycles. The molecule has 0 aromatic rings. The van der Waals surface area contributed by atoms with Crippen LogP contribution >= 0.6 is 0 Å². The summed E-state index contributed by atoms with van der Waals surface area (Å²) < 4.78 is 27.3. The Balaban J connectivity index is 2.59. The van der Waals surface area contributed by atoms with Crippen LogP contribution in [0.5, 0.6) is 0 Å². The Kier molecular flexibility index (Phi) is 2.41. The monoisotopic (exact) mass is 162 g/mol. The van der Waals surface area contributed by atoms with Crippen molar-refractivity contribution in [2.24, 2.45) is 5.92 Å². The predicted octanol–water partition coefficient (Wildman–Crippen LogP) is 0.268. The standard InChI is InChI=1S/C6H7FO2S/c1-2-6-5(3-7)4-10(8)9-6/h1,5-6H,3-4H2. The molecule has 3 atom stereocenters. The van der Waals surface area contributed by atoms with Crippen molar-refractivity contribution in [3.05, 3.63) is 0 Å². The van der Waals surface area contributed by atoms with Gasteiger partial charge < -0.3 is 0 Å². The molecule has 1 fully saturated rings. The number of halogens is 1. The summed E-state index contributed by atoms with van der Waals surface area (Å²) in [5, 5.41) is 0. The van der Waals surface area contributed by atoms with E-state index in [1.165, 1.54) is 0 Å². The zero-order valence-corrected chi connectivity index (χ0v) is 6.07. The first-order chi connectivity index (χ1) is 4.77. The fourth-order valence-corrected chi connectivity index (χ4v) is 1.92. The fraction of sp³-hybridized carbons (Fsp3) is 0.667. The summed E-state index contributed by atoms with van der Waals surface area (Å²) >= 11 is -1.37. The van der Waals surface area contributed by atoms with E-state index < -0.39 is 23.9 Å². The average Bonchev–Trinajstić information content (AvgIpc) is 2.30. The normalized spacial score (nSPS) is 39.4. The number of terminal acetylenes is 1. The Morgan fingerprint density at radius 1 is 1.90 bits per heavy atom. The lowest BCUT2D eigenvalue weighted by Crippen LogP contribution is -2.16. The van der Waals surface area contributed by atoms with Crippen LogP contribution in [0.1, 0.15) is 0 Å². The van der Waals surface area contributed by atoms with Crippen molar-refractivity contribution in [1.29, 1.82) is 0 Å². The van der Waals surface area contributed by atoms with Crippen molar-refractivity contribution in [1.82, 2.24) is 0 Å². The second-order valence-corrected chi connectivity index (χ2v) is 3.20. The highest BCUT2D eigenvalue weighted by atomic mass is 32.2. The number of rotatable bonds is 1. The van der Waals surface area contributed by atoms with Gasteiger partial charge in [-0.25, -0.2) is 4.21 Å². The molecule has 1 heterocycles. The van der Waals surface area contributed by atoms with E-state index in [4.69, 9.17) is 10.6 Å². The first kappa shape index (κ1) is 7.70. The quantitative estimate of drug-likeness (QED) is 0.517. The second kappa shape index (κ2) is 3.13. The van der Waals surface area contributed by atoms with Crippen LogP contribution in [-0.2, 0) is 15.3 Å². The first-order valence-electron chi connectivity index (χ1n) is 2.85. The molecule has 2 nitrogen and oxygen atoms in total. The smallest absolute Gasteiger partial charge is 0.157 e. The van der Waals surface area contributed by atoms with E-state index in [0.717, 1.165) is 0 Å². The highest BCUT2D eigenvalue weighted by molar-refractivity contribution is 7.80. The third-order valence-electron chi connectivity index (χ3n) is 1.35. The summed E-state index contributed by atoms with van der Waals surface area (Å²) in [4.78, 5) is 0. The minimum absolute atomic E-state index is 0.228. The maximum atomic E-state index is 12.0. The van der Waals surface area contributed by atoms with Gasteiger partial charge in [0.25, 0.3) is 0 Å². The third kappa shape index (κ3) is 1.36. The molecule has 0 spiro atoms. The Labute approximate surface area is 61.4 Å². The van der Waals surface area contributed by atoms with E-state index in [1.807, 2.05) is 0 Å². The van der Waals surface area contributed by atoms with Crippen LogP contribution in [0.25, 0.3) is 0 Å². The van der Waals surface area contributed by atoms with Gasteiger partial charge in [0.1, 0.15) is 6.10 Å². The maximum absolute atomic E-state index is 12.0. The van der Waals surface area contributed by atoms with E-state index >= 15 is 0 Å². The summed E-state index contributed by atoms with van der Waals surface area (Å²) in [5.41, 5.74) is 0. The molecule has 10 heavy (non-hydrogen) atoms. The van der Waals surface area contributed by atoms with Gasteiger partial charge in [-0.05, 0) is 0 Å². The number of alkyl halides is 1. The lowest BCUT2D eigenvalue weighted by Gasteiger charge is -2.03. The molecule has 1 saturated heterocycles. The second-order valence-electron chi connectivity index (χ2n) is 2.07. The molecule has 1 rings (SSSR count). The topological polar surface area (TPSA) is 26.3 Å². The molecule has 0 amide bonds. The summed E-state index contributed by atoms with van der Waals surface area (Å²) in [6.45, 7) is -0.555. The number of hydrogen-bond acceptors (Lipinski definition) is 2. The molecule has 1 aliphatic heterocycles. The molecular formula is C6H7FO2S. The van der Waals surface area contributed by atoms with Gasteiger partial charge in [0.05, 0.1) is 12.4 Å². The van der Waals surface area contributed by atoms with Crippen molar-refractivity contribution in [3.63, 3.8) is 0 Å². The highest BCUT2D eigenvalue weighted by Gasteiger charge is 2.32. The zero-order valence-electron chi connectivity index (χ0n) is 5.25. The SMILES string of the molecule is C#CC1OS(=O)CC1CF. The van der Waals surface area contributed by atoms with Crippen LogP contribution in [0.15, 0.2) is 0 Å². The molecule has 0 aromatic carbocycles. The van der Waals surface area contributed by atoms with Gasteiger partial charge in [-0.1, -0.05) is 5.92 Å². The van der Waals surface area contributed by atoms with Crippen molar-refractivity contribution in [3.8, 4) is 12.3 Å². The minimum Gasteiger partial charge on any atom is -0.274 e. The third-order valence-corrected chi connectivity index (χ3v) is 2.47. The van der Waals surface area contributed by atoms with Gasteiger partial charge in [-0.2, -0.15) is 0 Å². The lowest BCUT2D eigenvalue weighted by molar-refractivity contribution is 0.228.